The van der Waals surface area contributed by atoms with E-state index in [0.717, 1.165) is 22.6 Å². The minimum atomic E-state index is 0.418. The fourth-order valence-electron chi connectivity index (χ4n) is 1.57. The van der Waals surface area contributed by atoms with Crippen molar-refractivity contribution in [2.75, 3.05) is 5.73 Å². The number of nitrogens with two attached hydrogens (primary N) is 1. The van der Waals surface area contributed by atoms with Crippen LogP contribution in [0.5, 0.6) is 5.75 Å². The number of ether oxygens (including phenoxy) is 1. The molecule has 2 aromatic rings. The molecule has 0 atom stereocenters. The number of rotatable bonds is 4. The lowest BCUT2D eigenvalue weighted by Crippen LogP contribution is -2.05. The highest BCUT2D eigenvalue weighted by Gasteiger charge is 2.05. The SMILES string of the molecule is CCn1cc(N)nc1COc1cccc(Br)c1. The van der Waals surface area contributed by atoms with Crippen LogP contribution in [0.2, 0.25) is 0 Å². The molecule has 0 aliphatic rings. The molecule has 1 aromatic carbocycles. The van der Waals surface area contributed by atoms with E-state index >= 15 is 0 Å². The zero-order valence-electron chi connectivity index (χ0n) is 9.56. The van der Waals surface area contributed by atoms with E-state index in [1.807, 2.05) is 42.0 Å². The minimum Gasteiger partial charge on any atom is -0.486 e. The van der Waals surface area contributed by atoms with E-state index < -0.39 is 0 Å². The summed E-state index contributed by atoms with van der Waals surface area (Å²) >= 11 is 3.40. The molecule has 1 heterocycles. The summed E-state index contributed by atoms with van der Waals surface area (Å²) in [6.45, 7) is 3.30. The highest BCUT2D eigenvalue weighted by atomic mass is 79.9. The Morgan fingerprint density at radius 1 is 1.47 bits per heavy atom. The van der Waals surface area contributed by atoms with Crippen LogP contribution in [0.15, 0.2) is 34.9 Å². The monoisotopic (exact) mass is 295 g/mol. The zero-order chi connectivity index (χ0) is 12.3. The molecular formula is C12H14BrN3O. The first kappa shape index (κ1) is 12.0. The normalized spacial score (nSPS) is 10.5. The molecule has 0 aliphatic heterocycles. The molecule has 0 radical (unpaired) electrons. The Kier molecular flexibility index (Phi) is 3.68. The van der Waals surface area contributed by atoms with Gasteiger partial charge in [-0.1, -0.05) is 22.0 Å². The lowest BCUT2D eigenvalue weighted by Gasteiger charge is -2.07. The third-order valence-electron chi connectivity index (χ3n) is 2.38. The van der Waals surface area contributed by atoms with Crippen LogP contribution in [0.25, 0.3) is 0 Å². The molecule has 0 unspecified atom stereocenters. The molecule has 0 saturated carbocycles. The van der Waals surface area contributed by atoms with E-state index in [4.69, 9.17) is 10.5 Å². The summed E-state index contributed by atoms with van der Waals surface area (Å²) in [7, 11) is 0. The highest BCUT2D eigenvalue weighted by molar-refractivity contribution is 9.10. The smallest absolute Gasteiger partial charge is 0.149 e. The Morgan fingerprint density at radius 2 is 2.29 bits per heavy atom. The van der Waals surface area contributed by atoms with Gasteiger partial charge in [0.2, 0.25) is 0 Å². The van der Waals surface area contributed by atoms with Gasteiger partial charge in [-0.05, 0) is 25.1 Å². The van der Waals surface area contributed by atoms with Gasteiger partial charge in [-0.2, -0.15) is 0 Å². The van der Waals surface area contributed by atoms with Crippen molar-refractivity contribution in [2.45, 2.75) is 20.1 Å². The molecule has 2 N–H and O–H groups in total. The van der Waals surface area contributed by atoms with Crippen molar-refractivity contribution in [2.24, 2.45) is 0 Å². The maximum atomic E-state index is 5.66. The van der Waals surface area contributed by atoms with Gasteiger partial charge >= 0.3 is 0 Å². The van der Waals surface area contributed by atoms with E-state index in [1.165, 1.54) is 0 Å². The number of anilines is 1. The second kappa shape index (κ2) is 5.23. The first-order chi connectivity index (χ1) is 8.19. The molecule has 1 aromatic heterocycles. The summed E-state index contributed by atoms with van der Waals surface area (Å²) in [6, 6.07) is 7.72. The summed E-state index contributed by atoms with van der Waals surface area (Å²) in [5, 5.41) is 0. The van der Waals surface area contributed by atoms with Crippen molar-refractivity contribution >= 4 is 21.7 Å². The van der Waals surface area contributed by atoms with E-state index in [9.17, 15) is 0 Å². The van der Waals surface area contributed by atoms with Crippen molar-refractivity contribution in [1.82, 2.24) is 9.55 Å². The molecule has 0 aliphatic carbocycles. The molecule has 4 nitrogen and oxygen atoms in total. The van der Waals surface area contributed by atoms with Crippen molar-refractivity contribution in [3.63, 3.8) is 0 Å². The number of nitrogen functional groups attached to an aromatic ring is 1. The van der Waals surface area contributed by atoms with Gasteiger partial charge in [-0.15, -0.1) is 0 Å². The topological polar surface area (TPSA) is 53.1 Å². The van der Waals surface area contributed by atoms with Crippen LogP contribution in [-0.4, -0.2) is 9.55 Å². The number of hydrogen-bond acceptors (Lipinski definition) is 3. The van der Waals surface area contributed by atoms with Gasteiger partial charge in [0, 0.05) is 17.2 Å². The number of halogens is 1. The number of aryl methyl sites for hydroxylation is 1. The fourth-order valence-corrected chi connectivity index (χ4v) is 1.95. The van der Waals surface area contributed by atoms with Crippen LogP contribution in [0.1, 0.15) is 12.7 Å². The summed E-state index contributed by atoms with van der Waals surface area (Å²) in [4.78, 5) is 4.22. The molecular weight excluding hydrogens is 282 g/mol. The predicted octanol–water partition coefficient (Wildman–Crippen LogP) is 2.83. The standard InChI is InChI=1S/C12H14BrN3O/c1-2-16-7-11(14)15-12(16)8-17-10-5-3-4-9(13)6-10/h3-7H,2,8,14H2,1H3. The molecule has 5 heteroatoms. The molecule has 0 fully saturated rings. The van der Waals surface area contributed by atoms with Gasteiger partial charge in [0.25, 0.3) is 0 Å². The number of imidazole rings is 1. The van der Waals surface area contributed by atoms with Gasteiger partial charge < -0.3 is 15.0 Å². The molecule has 0 saturated heterocycles. The van der Waals surface area contributed by atoms with Gasteiger partial charge in [0.1, 0.15) is 24.0 Å². The van der Waals surface area contributed by atoms with E-state index in [-0.39, 0.29) is 0 Å². The number of aromatic nitrogens is 2. The van der Waals surface area contributed by atoms with E-state index in [1.54, 1.807) is 0 Å². The van der Waals surface area contributed by atoms with Crippen LogP contribution in [0.4, 0.5) is 5.82 Å². The van der Waals surface area contributed by atoms with Gasteiger partial charge in [-0.3, -0.25) is 0 Å². The minimum absolute atomic E-state index is 0.418. The van der Waals surface area contributed by atoms with Crippen LogP contribution < -0.4 is 10.5 Å². The predicted molar refractivity (Wildman–Crippen MR) is 70.8 cm³/mol. The Hall–Kier alpha value is -1.49. The summed E-state index contributed by atoms with van der Waals surface area (Å²) < 4.78 is 8.63. The molecule has 0 spiro atoms. The van der Waals surface area contributed by atoms with Gasteiger partial charge in [-0.25, -0.2) is 4.98 Å². The fraction of sp³-hybridized carbons (Fsp3) is 0.250. The highest BCUT2D eigenvalue weighted by Crippen LogP contribution is 2.19. The largest absolute Gasteiger partial charge is 0.486 e. The summed E-state index contributed by atoms with van der Waals surface area (Å²) in [5.74, 6) is 2.17. The lowest BCUT2D eigenvalue weighted by molar-refractivity contribution is 0.290. The molecule has 17 heavy (non-hydrogen) atoms. The second-order valence-electron chi connectivity index (χ2n) is 3.61. The van der Waals surface area contributed by atoms with Crippen LogP contribution >= 0.6 is 15.9 Å². The number of benzene rings is 1. The van der Waals surface area contributed by atoms with E-state index in [0.29, 0.717) is 12.4 Å². The molecule has 0 bridgehead atoms. The van der Waals surface area contributed by atoms with Gasteiger partial charge in [0.15, 0.2) is 0 Å². The lowest BCUT2D eigenvalue weighted by atomic mass is 10.3. The van der Waals surface area contributed by atoms with Crippen LogP contribution in [-0.2, 0) is 13.2 Å². The van der Waals surface area contributed by atoms with Crippen molar-refractivity contribution in [1.29, 1.82) is 0 Å². The Bertz CT molecular complexity index is 510. The zero-order valence-corrected chi connectivity index (χ0v) is 11.1. The Balaban J connectivity index is 2.06. The molecule has 2 rings (SSSR count). The summed E-state index contributed by atoms with van der Waals surface area (Å²) in [6.07, 6.45) is 1.82. The van der Waals surface area contributed by atoms with Gasteiger partial charge in [0.05, 0.1) is 0 Å². The average Bonchev–Trinajstić information content (AvgIpc) is 2.67. The van der Waals surface area contributed by atoms with Crippen LogP contribution in [0, 0.1) is 0 Å². The second-order valence-corrected chi connectivity index (χ2v) is 4.53. The molecule has 0 amide bonds. The first-order valence-corrected chi connectivity index (χ1v) is 6.18. The van der Waals surface area contributed by atoms with Crippen molar-refractivity contribution in [3.05, 3.63) is 40.8 Å². The maximum Gasteiger partial charge on any atom is 0.149 e. The molecule has 90 valence electrons. The van der Waals surface area contributed by atoms with Crippen molar-refractivity contribution < 1.29 is 4.74 Å². The maximum absolute atomic E-state index is 5.66. The Morgan fingerprint density at radius 3 is 3.00 bits per heavy atom. The Labute approximate surface area is 109 Å². The van der Waals surface area contributed by atoms with E-state index in [2.05, 4.69) is 20.9 Å². The average molecular weight is 296 g/mol. The number of hydrogen-bond donors (Lipinski definition) is 1. The third-order valence-corrected chi connectivity index (χ3v) is 2.88. The number of nitrogens with zero attached hydrogens (tertiary/aromatic N) is 2. The third kappa shape index (κ3) is 3.00. The van der Waals surface area contributed by atoms with Crippen LogP contribution in [0.3, 0.4) is 0 Å². The summed E-state index contributed by atoms with van der Waals surface area (Å²) in [5.41, 5.74) is 5.65. The quantitative estimate of drug-likeness (QED) is 0.944. The first-order valence-electron chi connectivity index (χ1n) is 5.39. The van der Waals surface area contributed by atoms with Crippen molar-refractivity contribution in [3.8, 4) is 5.75 Å².